The fourth-order valence-electron chi connectivity index (χ4n) is 2.11. The Balaban J connectivity index is 1.82. The van der Waals surface area contributed by atoms with Gasteiger partial charge in [-0.2, -0.15) is 4.98 Å². The van der Waals surface area contributed by atoms with Gasteiger partial charge in [0.1, 0.15) is 12.4 Å². The molecule has 0 aliphatic heterocycles. The second-order valence-corrected chi connectivity index (χ2v) is 4.99. The predicted octanol–water partition coefficient (Wildman–Crippen LogP) is 3.13. The van der Waals surface area contributed by atoms with Gasteiger partial charge in [-0.3, -0.25) is 4.79 Å². The lowest BCUT2D eigenvalue weighted by atomic mass is 10.2. The van der Waals surface area contributed by atoms with Crippen molar-refractivity contribution in [3.63, 3.8) is 0 Å². The number of methoxy groups -OCH3 is 1. The van der Waals surface area contributed by atoms with Crippen LogP contribution in [0.25, 0.3) is 22.8 Å². The second kappa shape index (κ2) is 7.01. The third-order valence-corrected chi connectivity index (χ3v) is 3.20. The molecule has 0 aliphatic rings. The van der Waals surface area contributed by atoms with Gasteiger partial charge < -0.3 is 14.6 Å². The van der Waals surface area contributed by atoms with Gasteiger partial charge in [-0.1, -0.05) is 17.3 Å². The van der Waals surface area contributed by atoms with Crippen molar-refractivity contribution >= 4 is 11.6 Å². The number of nitrogens with zero attached hydrogens (tertiary/aromatic N) is 2. The average molecular weight is 327 g/mol. The molecule has 122 valence electrons. The van der Waals surface area contributed by atoms with Crippen LogP contribution in [0.2, 0.25) is 0 Å². The van der Waals surface area contributed by atoms with E-state index >= 15 is 0 Å². The Kier molecular flexibility index (Phi) is 4.62. The predicted molar refractivity (Wildman–Crippen MR) is 85.6 cm³/mol. The highest BCUT2D eigenvalue weighted by Gasteiger charge is 2.11. The van der Waals surface area contributed by atoms with E-state index in [9.17, 15) is 9.18 Å². The van der Waals surface area contributed by atoms with Gasteiger partial charge in [0, 0.05) is 23.9 Å². The van der Waals surface area contributed by atoms with Crippen molar-refractivity contribution in [2.75, 3.05) is 19.0 Å². The Hall–Kier alpha value is -3.06. The summed E-state index contributed by atoms with van der Waals surface area (Å²) < 4.78 is 23.0. The van der Waals surface area contributed by atoms with Gasteiger partial charge in [-0.15, -0.1) is 0 Å². The minimum atomic E-state index is -0.335. The zero-order valence-corrected chi connectivity index (χ0v) is 12.8. The van der Waals surface area contributed by atoms with Gasteiger partial charge in [-0.05, 0) is 36.4 Å². The number of carbonyl (C=O) groups excluding carboxylic acids is 1. The van der Waals surface area contributed by atoms with Crippen LogP contribution < -0.4 is 5.32 Å². The molecule has 1 amide bonds. The van der Waals surface area contributed by atoms with Crippen LogP contribution in [0.4, 0.5) is 10.1 Å². The number of hydrogen-bond donors (Lipinski definition) is 1. The average Bonchev–Trinajstić information content (AvgIpc) is 3.06. The van der Waals surface area contributed by atoms with Gasteiger partial charge in [-0.25, -0.2) is 4.39 Å². The van der Waals surface area contributed by atoms with Crippen molar-refractivity contribution in [3.8, 4) is 22.8 Å². The first-order valence-electron chi connectivity index (χ1n) is 7.14. The molecule has 2 aromatic carbocycles. The topological polar surface area (TPSA) is 77.2 Å². The van der Waals surface area contributed by atoms with E-state index in [0.717, 1.165) is 0 Å². The number of carbonyl (C=O) groups is 1. The molecule has 6 nitrogen and oxygen atoms in total. The summed E-state index contributed by atoms with van der Waals surface area (Å²) >= 11 is 0. The van der Waals surface area contributed by atoms with Gasteiger partial charge in [0.05, 0.1) is 0 Å². The maximum Gasteiger partial charge on any atom is 0.258 e. The van der Waals surface area contributed by atoms with Crippen molar-refractivity contribution in [1.29, 1.82) is 0 Å². The van der Waals surface area contributed by atoms with Crippen LogP contribution in [0.1, 0.15) is 0 Å². The number of rotatable bonds is 5. The van der Waals surface area contributed by atoms with Gasteiger partial charge in [0.15, 0.2) is 0 Å². The molecule has 1 N–H and O–H groups in total. The quantitative estimate of drug-likeness (QED) is 0.779. The highest BCUT2D eigenvalue weighted by molar-refractivity contribution is 5.92. The SMILES string of the molecule is COCC(=O)Nc1cccc(-c2noc(-c3ccc(F)cc3)n2)c1. The van der Waals surface area contributed by atoms with Crippen molar-refractivity contribution in [1.82, 2.24) is 10.1 Å². The van der Waals surface area contributed by atoms with Crippen LogP contribution >= 0.6 is 0 Å². The summed E-state index contributed by atoms with van der Waals surface area (Å²) in [6, 6.07) is 12.8. The summed E-state index contributed by atoms with van der Waals surface area (Å²) in [5.74, 6) is 0.0729. The van der Waals surface area contributed by atoms with Gasteiger partial charge in [0.25, 0.3) is 5.89 Å². The molecule has 0 saturated carbocycles. The molecule has 0 bridgehead atoms. The zero-order valence-electron chi connectivity index (χ0n) is 12.8. The fourth-order valence-corrected chi connectivity index (χ4v) is 2.11. The first-order chi connectivity index (χ1) is 11.7. The maximum atomic E-state index is 13.0. The number of hydrogen-bond acceptors (Lipinski definition) is 5. The van der Waals surface area contributed by atoms with E-state index in [-0.39, 0.29) is 18.3 Å². The summed E-state index contributed by atoms with van der Waals surface area (Å²) in [7, 11) is 1.45. The Morgan fingerprint density at radius 1 is 1.21 bits per heavy atom. The molecule has 1 aromatic heterocycles. The van der Waals surface area contributed by atoms with Crippen LogP contribution in [0.15, 0.2) is 53.1 Å². The van der Waals surface area contributed by atoms with Gasteiger partial charge in [0.2, 0.25) is 11.7 Å². The summed E-state index contributed by atoms with van der Waals surface area (Å²) in [5.41, 5.74) is 1.91. The lowest BCUT2D eigenvalue weighted by Gasteiger charge is -2.05. The molecule has 3 rings (SSSR count). The zero-order chi connectivity index (χ0) is 16.9. The van der Waals surface area contributed by atoms with Crippen molar-refractivity contribution < 1.29 is 18.4 Å². The number of ether oxygens (including phenoxy) is 1. The molecule has 0 unspecified atom stereocenters. The van der Waals surface area contributed by atoms with Crippen molar-refractivity contribution in [2.24, 2.45) is 0 Å². The first kappa shape index (κ1) is 15.8. The maximum absolute atomic E-state index is 13.0. The minimum absolute atomic E-state index is 0.0266. The lowest BCUT2D eigenvalue weighted by Crippen LogP contribution is -2.16. The fraction of sp³-hybridized carbons (Fsp3) is 0.118. The molecule has 3 aromatic rings. The van der Waals surface area contributed by atoms with E-state index in [1.54, 1.807) is 36.4 Å². The highest BCUT2D eigenvalue weighted by Crippen LogP contribution is 2.24. The number of nitrogens with one attached hydrogen (secondary N) is 1. The molecule has 1 heterocycles. The molecule has 0 spiro atoms. The number of aromatic nitrogens is 2. The molecule has 7 heteroatoms. The monoisotopic (exact) mass is 327 g/mol. The molecule has 0 aliphatic carbocycles. The Bertz CT molecular complexity index is 846. The highest BCUT2D eigenvalue weighted by atomic mass is 19.1. The molecule has 0 radical (unpaired) electrons. The molecular formula is C17H14FN3O3. The third kappa shape index (κ3) is 3.64. The summed E-state index contributed by atoms with van der Waals surface area (Å²) in [5, 5.41) is 6.63. The van der Waals surface area contributed by atoms with Crippen LogP contribution in [-0.4, -0.2) is 29.8 Å². The summed E-state index contributed by atoms with van der Waals surface area (Å²) in [6.45, 7) is -0.0266. The van der Waals surface area contributed by atoms with E-state index in [1.807, 2.05) is 0 Å². The largest absolute Gasteiger partial charge is 0.375 e. The summed E-state index contributed by atoms with van der Waals surface area (Å²) in [6.07, 6.45) is 0. The van der Waals surface area contributed by atoms with Crippen LogP contribution in [0.5, 0.6) is 0 Å². The normalized spacial score (nSPS) is 10.6. The molecule has 0 fully saturated rings. The molecule has 24 heavy (non-hydrogen) atoms. The number of benzene rings is 2. The lowest BCUT2D eigenvalue weighted by molar-refractivity contribution is -0.119. The first-order valence-corrected chi connectivity index (χ1v) is 7.14. The second-order valence-electron chi connectivity index (χ2n) is 4.99. The van der Waals surface area contributed by atoms with E-state index in [0.29, 0.717) is 28.5 Å². The number of amides is 1. The number of halogens is 1. The standard InChI is InChI=1S/C17H14FN3O3/c1-23-10-15(22)19-14-4-2-3-12(9-14)16-20-17(24-21-16)11-5-7-13(18)8-6-11/h2-9H,10H2,1H3,(H,19,22). The third-order valence-electron chi connectivity index (χ3n) is 3.20. The van der Waals surface area contributed by atoms with E-state index in [4.69, 9.17) is 9.26 Å². The van der Waals surface area contributed by atoms with Crippen molar-refractivity contribution in [2.45, 2.75) is 0 Å². The van der Waals surface area contributed by atoms with Crippen LogP contribution in [0, 0.1) is 5.82 Å². The Morgan fingerprint density at radius 3 is 2.75 bits per heavy atom. The van der Waals surface area contributed by atoms with Gasteiger partial charge >= 0.3 is 0 Å². The molecular weight excluding hydrogens is 313 g/mol. The van der Waals surface area contributed by atoms with Crippen LogP contribution in [0.3, 0.4) is 0 Å². The molecule has 0 atom stereocenters. The Morgan fingerprint density at radius 2 is 2.00 bits per heavy atom. The van der Waals surface area contributed by atoms with E-state index in [2.05, 4.69) is 15.5 Å². The molecule has 0 saturated heterocycles. The number of anilines is 1. The van der Waals surface area contributed by atoms with Crippen LogP contribution in [-0.2, 0) is 9.53 Å². The van der Waals surface area contributed by atoms with E-state index in [1.165, 1.54) is 19.2 Å². The van der Waals surface area contributed by atoms with E-state index < -0.39 is 0 Å². The summed E-state index contributed by atoms with van der Waals surface area (Å²) in [4.78, 5) is 15.9. The minimum Gasteiger partial charge on any atom is -0.375 e. The van der Waals surface area contributed by atoms with Crippen molar-refractivity contribution in [3.05, 3.63) is 54.3 Å². The smallest absolute Gasteiger partial charge is 0.258 e. The Labute approximate surface area is 137 Å².